The zero-order valence-electron chi connectivity index (χ0n) is 29.8. The molecule has 0 unspecified atom stereocenters. The fourth-order valence-corrected chi connectivity index (χ4v) is 9.42. The summed E-state index contributed by atoms with van der Waals surface area (Å²) in [7, 11) is 0. The Balaban J connectivity index is 1.20. The van der Waals surface area contributed by atoms with Gasteiger partial charge >= 0.3 is 0 Å². The van der Waals surface area contributed by atoms with Gasteiger partial charge in [-0.2, -0.15) is 0 Å². The lowest BCUT2D eigenvalue weighted by molar-refractivity contribution is 0.669. The maximum absolute atomic E-state index is 6.76. The van der Waals surface area contributed by atoms with Crippen LogP contribution in [0.15, 0.2) is 205 Å². The molecule has 0 aliphatic heterocycles. The Hall–Kier alpha value is -6.94. The Kier molecular flexibility index (Phi) is 7.39. The molecule has 0 saturated carbocycles. The summed E-state index contributed by atoms with van der Waals surface area (Å²) in [6.07, 6.45) is 0. The molecule has 0 aliphatic rings. The molecule has 0 N–H and O–H groups in total. The second-order valence-electron chi connectivity index (χ2n) is 14.0. The first kappa shape index (κ1) is 31.6. The van der Waals surface area contributed by atoms with Gasteiger partial charge in [0.05, 0.1) is 11.4 Å². The van der Waals surface area contributed by atoms with Crippen molar-refractivity contribution in [3.05, 3.63) is 200 Å². The third-order valence-corrected chi connectivity index (χ3v) is 12.0. The lowest BCUT2D eigenvalue weighted by atomic mass is 9.92. The van der Waals surface area contributed by atoms with Crippen LogP contribution in [0, 0.1) is 0 Å². The summed E-state index contributed by atoms with van der Waals surface area (Å²) >= 11 is 1.85. The van der Waals surface area contributed by atoms with Crippen molar-refractivity contribution in [3.63, 3.8) is 0 Å². The number of rotatable bonds is 6. The molecule has 3 heteroatoms. The summed E-state index contributed by atoms with van der Waals surface area (Å²) in [6, 6.07) is 72.2. The summed E-state index contributed by atoms with van der Waals surface area (Å²) in [5.74, 6) is 0. The van der Waals surface area contributed by atoms with Crippen LogP contribution in [0.2, 0.25) is 0 Å². The Morgan fingerprint density at radius 3 is 1.80 bits per heavy atom. The lowest BCUT2D eigenvalue weighted by Gasteiger charge is -2.28. The average molecular weight is 720 g/mol. The molecule has 258 valence electrons. The third-order valence-electron chi connectivity index (χ3n) is 10.9. The van der Waals surface area contributed by atoms with Gasteiger partial charge in [0.1, 0.15) is 5.58 Å². The molecule has 11 aromatic rings. The van der Waals surface area contributed by atoms with E-state index in [1.165, 1.54) is 58.9 Å². The van der Waals surface area contributed by atoms with Gasteiger partial charge in [-0.15, -0.1) is 11.3 Å². The van der Waals surface area contributed by atoms with E-state index in [0.29, 0.717) is 0 Å². The first-order chi connectivity index (χ1) is 27.3. The van der Waals surface area contributed by atoms with Crippen LogP contribution in [0.25, 0.3) is 86.3 Å². The average Bonchev–Trinajstić information content (AvgIpc) is 3.83. The molecule has 9 aromatic carbocycles. The van der Waals surface area contributed by atoms with E-state index in [1.807, 2.05) is 17.4 Å². The molecular formula is C52H33NOS. The molecule has 0 saturated heterocycles. The van der Waals surface area contributed by atoms with Crippen molar-refractivity contribution in [3.8, 4) is 33.4 Å². The number of thiophene rings is 1. The number of nitrogens with zero attached hydrogens (tertiary/aromatic N) is 1. The number of benzene rings is 9. The normalized spacial score (nSPS) is 11.6. The second-order valence-corrected chi connectivity index (χ2v) is 15.1. The van der Waals surface area contributed by atoms with Crippen LogP contribution in [0.5, 0.6) is 0 Å². The number of fused-ring (bicyclic) bond motifs is 7. The van der Waals surface area contributed by atoms with E-state index in [1.54, 1.807) is 0 Å². The fraction of sp³-hybridized carbons (Fsp3) is 0. The highest BCUT2D eigenvalue weighted by Crippen LogP contribution is 2.48. The van der Waals surface area contributed by atoms with Crippen LogP contribution in [0.4, 0.5) is 17.1 Å². The molecule has 55 heavy (non-hydrogen) atoms. The van der Waals surface area contributed by atoms with Gasteiger partial charge < -0.3 is 9.32 Å². The van der Waals surface area contributed by atoms with E-state index in [0.717, 1.165) is 44.4 Å². The van der Waals surface area contributed by atoms with E-state index >= 15 is 0 Å². The SMILES string of the molecule is c1ccc(-c2ccc(N(c3ccc(-c4ccccc4)c4ccccc34)c3cccc4c3oc3ccccc34)cc2-c2ccc3sc4ccccc4c3c2)cc1. The van der Waals surface area contributed by atoms with Crippen molar-refractivity contribution in [2.75, 3.05) is 4.90 Å². The van der Waals surface area contributed by atoms with Gasteiger partial charge in [-0.25, -0.2) is 0 Å². The van der Waals surface area contributed by atoms with Crippen LogP contribution < -0.4 is 4.90 Å². The molecule has 0 spiro atoms. The Labute approximate surface area is 322 Å². The van der Waals surface area contributed by atoms with Crippen molar-refractivity contribution in [1.82, 2.24) is 0 Å². The smallest absolute Gasteiger partial charge is 0.159 e. The largest absolute Gasteiger partial charge is 0.454 e. The molecule has 2 aromatic heterocycles. The Bertz CT molecular complexity index is 3210. The van der Waals surface area contributed by atoms with Gasteiger partial charge in [0.25, 0.3) is 0 Å². The van der Waals surface area contributed by atoms with Crippen molar-refractivity contribution < 1.29 is 4.42 Å². The fourth-order valence-electron chi connectivity index (χ4n) is 8.34. The van der Waals surface area contributed by atoms with E-state index in [2.05, 4.69) is 199 Å². The zero-order valence-corrected chi connectivity index (χ0v) is 30.6. The highest BCUT2D eigenvalue weighted by Gasteiger charge is 2.23. The standard InChI is InChI=1S/C52H33NOS/c1-3-14-34(15-4-1)38-29-30-47(41-19-8-7-18-40(38)41)53(48-23-13-22-44-42-20-9-11-24-49(42)54-52(44)48)37-27-28-39(35-16-5-2-6-17-35)45(33-37)36-26-31-51-46(32-36)43-21-10-12-25-50(43)55-51/h1-33H. The monoisotopic (exact) mass is 719 g/mol. The minimum Gasteiger partial charge on any atom is -0.454 e. The van der Waals surface area contributed by atoms with Gasteiger partial charge in [-0.3, -0.25) is 0 Å². The van der Waals surface area contributed by atoms with Crippen LogP contribution in [-0.2, 0) is 0 Å². The van der Waals surface area contributed by atoms with E-state index in [4.69, 9.17) is 4.42 Å². The van der Waals surface area contributed by atoms with Crippen molar-refractivity contribution in [2.45, 2.75) is 0 Å². The number of furan rings is 1. The molecule has 0 bridgehead atoms. The van der Waals surface area contributed by atoms with Crippen LogP contribution in [-0.4, -0.2) is 0 Å². The van der Waals surface area contributed by atoms with Crippen LogP contribution in [0.3, 0.4) is 0 Å². The highest BCUT2D eigenvalue weighted by atomic mass is 32.1. The van der Waals surface area contributed by atoms with E-state index in [9.17, 15) is 0 Å². The first-order valence-corrected chi connectivity index (χ1v) is 19.5. The number of hydrogen-bond acceptors (Lipinski definition) is 3. The minimum absolute atomic E-state index is 0.861. The van der Waals surface area contributed by atoms with Crippen LogP contribution >= 0.6 is 11.3 Å². The van der Waals surface area contributed by atoms with Gasteiger partial charge in [0.15, 0.2) is 5.58 Å². The van der Waals surface area contributed by atoms with E-state index in [-0.39, 0.29) is 0 Å². The van der Waals surface area contributed by atoms with Gasteiger partial charge in [-0.1, -0.05) is 152 Å². The van der Waals surface area contributed by atoms with Gasteiger partial charge in [0, 0.05) is 42.0 Å². The molecule has 0 aliphatic carbocycles. The summed E-state index contributed by atoms with van der Waals surface area (Å²) in [5.41, 5.74) is 12.0. The van der Waals surface area contributed by atoms with Gasteiger partial charge in [0.2, 0.25) is 0 Å². The maximum atomic E-state index is 6.76. The molecule has 0 radical (unpaired) electrons. The molecule has 2 heterocycles. The maximum Gasteiger partial charge on any atom is 0.159 e. The van der Waals surface area contributed by atoms with Crippen molar-refractivity contribution in [2.24, 2.45) is 0 Å². The summed E-state index contributed by atoms with van der Waals surface area (Å²) < 4.78 is 9.37. The Morgan fingerprint density at radius 2 is 0.982 bits per heavy atom. The van der Waals surface area contributed by atoms with Crippen molar-refractivity contribution >= 4 is 81.3 Å². The van der Waals surface area contributed by atoms with E-state index < -0.39 is 0 Å². The zero-order chi connectivity index (χ0) is 36.3. The molecular weight excluding hydrogens is 687 g/mol. The minimum atomic E-state index is 0.861. The summed E-state index contributed by atoms with van der Waals surface area (Å²) in [6.45, 7) is 0. The topological polar surface area (TPSA) is 16.4 Å². The Morgan fingerprint density at radius 1 is 0.345 bits per heavy atom. The molecule has 0 fully saturated rings. The lowest BCUT2D eigenvalue weighted by Crippen LogP contribution is -2.11. The predicted octanol–water partition coefficient (Wildman–Crippen LogP) is 15.6. The highest BCUT2D eigenvalue weighted by molar-refractivity contribution is 7.25. The van der Waals surface area contributed by atoms with Crippen LogP contribution in [0.1, 0.15) is 0 Å². The molecule has 0 amide bonds. The third kappa shape index (κ3) is 5.24. The summed E-state index contributed by atoms with van der Waals surface area (Å²) in [4.78, 5) is 2.40. The number of anilines is 3. The second kappa shape index (κ2) is 12.9. The molecule has 2 nitrogen and oxygen atoms in total. The number of para-hydroxylation sites is 2. The quantitative estimate of drug-likeness (QED) is 0.170. The van der Waals surface area contributed by atoms with Crippen molar-refractivity contribution in [1.29, 1.82) is 0 Å². The summed E-state index contributed by atoms with van der Waals surface area (Å²) in [5, 5.41) is 7.15. The van der Waals surface area contributed by atoms with Gasteiger partial charge in [-0.05, 0) is 87.3 Å². The predicted molar refractivity (Wildman–Crippen MR) is 235 cm³/mol. The molecule has 11 rings (SSSR count). The number of hydrogen-bond donors (Lipinski definition) is 0. The first-order valence-electron chi connectivity index (χ1n) is 18.7. The molecule has 0 atom stereocenters.